The van der Waals surface area contributed by atoms with E-state index in [-0.39, 0.29) is 0 Å². The summed E-state index contributed by atoms with van der Waals surface area (Å²) in [6.07, 6.45) is 7.37. The summed E-state index contributed by atoms with van der Waals surface area (Å²) in [7, 11) is 0. The van der Waals surface area contributed by atoms with Gasteiger partial charge < -0.3 is 4.74 Å². The van der Waals surface area contributed by atoms with Crippen molar-refractivity contribution in [1.82, 2.24) is 0 Å². The number of rotatable bonds is 4. The maximum absolute atomic E-state index is 5.64. The van der Waals surface area contributed by atoms with Crippen LogP contribution >= 0.6 is 0 Å². The lowest BCUT2D eigenvalue weighted by atomic mass is 9.82. The fraction of sp³-hybridized carbons (Fsp3) is 1.00. The van der Waals surface area contributed by atoms with Crippen LogP contribution < -0.4 is 0 Å². The van der Waals surface area contributed by atoms with Gasteiger partial charge in [0.25, 0.3) is 0 Å². The highest BCUT2D eigenvalue weighted by molar-refractivity contribution is 4.73. The lowest BCUT2D eigenvalue weighted by Crippen LogP contribution is -2.22. The van der Waals surface area contributed by atoms with Gasteiger partial charge in [-0.1, -0.05) is 13.8 Å². The molecule has 0 heterocycles. The highest BCUT2D eigenvalue weighted by atomic mass is 16.5. The van der Waals surface area contributed by atoms with Crippen molar-refractivity contribution < 1.29 is 4.74 Å². The minimum Gasteiger partial charge on any atom is -0.379 e. The van der Waals surface area contributed by atoms with Gasteiger partial charge in [0, 0.05) is 6.61 Å². The van der Waals surface area contributed by atoms with Gasteiger partial charge in [0.1, 0.15) is 0 Å². The summed E-state index contributed by atoms with van der Waals surface area (Å²) in [5.74, 6) is 1.85. The fourth-order valence-corrected chi connectivity index (χ4v) is 2.44. The molecule has 1 fully saturated rings. The first-order valence-corrected chi connectivity index (χ1v) is 5.84. The normalized spacial score (nSPS) is 29.5. The average molecular weight is 184 g/mol. The molecule has 0 aromatic carbocycles. The minimum absolute atomic E-state index is 0.577. The van der Waals surface area contributed by atoms with Crippen molar-refractivity contribution >= 4 is 0 Å². The molecule has 1 heteroatoms. The van der Waals surface area contributed by atoms with Crippen LogP contribution in [0.4, 0.5) is 0 Å². The molecule has 0 N–H and O–H groups in total. The summed E-state index contributed by atoms with van der Waals surface area (Å²) in [5.41, 5.74) is 0. The first kappa shape index (κ1) is 11.0. The fourth-order valence-electron chi connectivity index (χ4n) is 2.44. The largest absolute Gasteiger partial charge is 0.379 e. The zero-order valence-corrected chi connectivity index (χ0v) is 9.38. The van der Waals surface area contributed by atoms with Crippen molar-refractivity contribution in [3.05, 3.63) is 0 Å². The quantitative estimate of drug-likeness (QED) is 0.648. The molecule has 0 saturated heterocycles. The standard InChI is InChI=1S/C12H24O/c1-4-13-12-7-5-11(6-8-12)9-10(2)3/h10-12H,4-9H2,1-3H3/t11-,12-. The third-order valence-electron chi connectivity index (χ3n) is 3.00. The Hall–Kier alpha value is -0.0400. The summed E-state index contributed by atoms with van der Waals surface area (Å²) in [6, 6.07) is 0. The number of hydrogen-bond acceptors (Lipinski definition) is 1. The molecular weight excluding hydrogens is 160 g/mol. The predicted octanol–water partition coefficient (Wildman–Crippen LogP) is 3.63. The minimum atomic E-state index is 0.577. The van der Waals surface area contributed by atoms with Crippen LogP contribution in [0.25, 0.3) is 0 Å². The second-order valence-corrected chi connectivity index (χ2v) is 4.73. The molecule has 0 spiro atoms. The zero-order valence-electron chi connectivity index (χ0n) is 9.38. The highest BCUT2D eigenvalue weighted by Gasteiger charge is 2.21. The first-order chi connectivity index (χ1) is 6.22. The molecule has 1 aliphatic carbocycles. The zero-order chi connectivity index (χ0) is 9.68. The lowest BCUT2D eigenvalue weighted by molar-refractivity contribution is 0.0234. The Balaban J connectivity index is 2.15. The van der Waals surface area contributed by atoms with Crippen molar-refractivity contribution in [2.45, 2.75) is 59.0 Å². The smallest absolute Gasteiger partial charge is 0.0575 e. The molecule has 0 aromatic heterocycles. The summed E-state index contributed by atoms with van der Waals surface area (Å²) < 4.78 is 5.64. The molecule has 0 aromatic rings. The molecule has 78 valence electrons. The molecule has 0 radical (unpaired) electrons. The number of hydrogen-bond donors (Lipinski definition) is 0. The van der Waals surface area contributed by atoms with Crippen LogP contribution in [0.2, 0.25) is 0 Å². The van der Waals surface area contributed by atoms with Crippen LogP contribution in [0.3, 0.4) is 0 Å². The maximum Gasteiger partial charge on any atom is 0.0575 e. The van der Waals surface area contributed by atoms with Gasteiger partial charge in [-0.3, -0.25) is 0 Å². The summed E-state index contributed by atoms with van der Waals surface area (Å²) in [6.45, 7) is 7.64. The van der Waals surface area contributed by atoms with Crippen molar-refractivity contribution in [3.8, 4) is 0 Å². The van der Waals surface area contributed by atoms with Gasteiger partial charge in [-0.05, 0) is 50.9 Å². The monoisotopic (exact) mass is 184 g/mol. The third kappa shape index (κ3) is 4.12. The Kier molecular flexibility index (Phi) is 4.79. The van der Waals surface area contributed by atoms with Crippen molar-refractivity contribution in [2.75, 3.05) is 6.61 Å². The molecule has 0 bridgehead atoms. The van der Waals surface area contributed by atoms with Crippen LogP contribution in [0.1, 0.15) is 52.9 Å². The van der Waals surface area contributed by atoms with Crippen LogP contribution in [-0.4, -0.2) is 12.7 Å². The summed E-state index contributed by atoms with van der Waals surface area (Å²) in [5, 5.41) is 0. The van der Waals surface area contributed by atoms with Gasteiger partial charge in [-0.25, -0.2) is 0 Å². The SMILES string of the molecule is CCO[C@H]1CC[C@H](CC(C)C)CC1. The maximum atomic E-state index is 5.64. The van der Waals surface area contributed by atoms with Crippen molar-refractivity contribution in [1.29, 1.82) is 0 Å². The van der Waals surface area contributed by atoms with E-state index in [4.69, 9.17) is 4.74 Å². The van der Waals surface area contributed by atoms with E-state index in [0.29, 0.717) is 6.10 Å². The van der Waals surface area contributed by atoms with Gasteiger partial charge in [0.15, 0.2) is 0 Å². The van der Waals surface area contributed by atoms with E-state index < -0.39 is 0 Å². The highest BCUT2D eigenvalue weighted by Crippen LogP contribution is 2.30. The van der Waals surface area contributed by atoms with Crippen LogP contribution in [0.5, 0.6) is 0 Å². The molecule has 0 amide bonds. The second kappa shape index (κ2) is 5.64. The number of ether oxygens (including phenoxy) is 1. The molecule has 0 unspecified atom stereocenters. The topological polar surface area (TPSA) is 9.23 Å². The first-order valence-electron chi connectivity index (χ1n) is 5.84. The second-order valence-electron chi connectivity index (χ2n) is 4.73. The molecule has 0 atom stereocenters. The Morgan fingerprint density at radius 1 is 1.15 bits per heavy atom. The van der Waals surface area contributed by atoms with Gasteiger partial charge in [0.2, 0.25) is 0 Å². The van der Waals surface area contributed by atoms with Gasteiger partial charge >= 0.3 is 0 Å². The van der Waals surface area contributed by atoms with Gasteiger partial charge in [-0.15, -0.1) is 0 Å². The van der Waals surface area contributed by atoms with E-state index in [1.807, 2.05) is 0 Å². The molecule has 0 aliphatic heterocycles. The van der Waals surface area contributed by atoms with E-state index >= 15 is 0 Å². The Morgan fingerprint density at radius 3 is 2.23 bits per heavy atom. The predicted molar refractivity (Wildman–Crippen MR) is 56.8 cm³/mol. The van der Waals surface area contributed by atoms with Crippen LogP contribution in [0.15, 0.2) is 0 Å². The lowest BCUT2D eigenvalue weighted by Gasteiger charge is -2.29. The summed E-state index contributed by atoms with van der Waals surface area (Å²) >= 11 is 0. The van der Waals surface area contributed by atoms with E-state index in [1.54, 1.807) is 0 Å². The average Bonchev–Trinajstić information content (AvgIpc) is 2.08. The Bertz CT molecular complexity index is 123. The molecule has 1 nitrogen and oxygen atoms in total. The molecule has 1 aliphatic rings. The van der Waals surface area contributed by atoms with Gasteiger partial charge in [0.05, 0.1) is 6.10 Å². The van der Waals surface area contributed by atoms with E-state index in [9.17, 15) is 0 Å². The third-order valence-corrected chi connectivity index (χ3v) is 3.00. The van der Waals surface area contributed by atoms with E-state index in [2.05, 4.69) is 20.8 Å². The van der Waals surface area contributed by atoms with Crippen LogP contribution in [0, 0.1) is 11.8 Å². The molecular formula is C12H24O. The van der Waals surface area contributed by atoms with Crippen LogP contribution in [-0.2, 0) is 4.74 Å². The van der Waals surface area contributed by atoms with E-state index in [0.717, 1.165) is 18.4 Å². The molecule has 1 rings (SSSR count). The molecule has 1 saturated carbocycles. The Morgan fingerprint density at radius 2 is 1.77 bits per heavy atom. The van der Waals surface area contributed by atoms with Crippen molar-refractivity contribution in [2.24, 2.45) is 11.8 Å². The summed E-state index contributed by atoms with van der Waals surface area (Å²) in [4.78, 5) is 0. The van der Waals surface area contributed by atoms with E-state index in [1.165, 1.54) is 32.1 Å². The molecule has 13 heavy (non-hydrogen) atoms. The van der Waals surface area contributed by atoms with Gasteiger partial charge in [-0.2, -0.15) is 0 Å². The van der Waals surface area contributed by atoms with Crippen molar-refractivity contribution in [3.63, 3.8) is 0 Å². The Labute approximate surface area is 82.9 Å².